The van der Waals surface area contributed by atoms with E-state index in [-0.39, 0.29) is 6.54 Å². The molecule has 0 spiro atoms. The Balaban J connectivity index is 2.51. The number of aliphatic imine (C=N–C) groups is 1. The summed E-state index contributed by atoms with van der Waals surface area (Å²) < 4.78 is 16.9. The highest BCUT2D eigenvalue weighted by Gasteiger charge is 2.21. The first-order chi connectivity index (χ1) is 8.27. The Labute approximate surface area is 107 Å². The van der Waals surface area contributed by atoms with Crippen molar-refractivity contribution in [1.82, 2.24) is 0 Å². The molecule has 1 aliphatic rings. The van der Waals surface area contributed by atoms with E-state index < -0.39 is 0 Å². The average molecular weight is 300 g/mol. The molecule has 0 unspecified atom stereocenters. The Morgan fingerprint density at radius 3 is 3.00 bits per heavy atom. The van der Waals surface area contributed by atoms with Crippen molar-refractivity contribution in [3.63, 3.8) is 0 Å². The van der Waals surface area contributed by atoms with Crippen molar-refractivity contribution in [3.8, 4) is 17.2 Å². The van der Waals surface area contributed by atoms with E-state index in [4.69, 9.17) is 14.2 Å². The van der Waals surface area contributed by atoms with E-state index in [0.717, 1.165) is 5.56 Å². The van der Waals surface area contributed by atoms with Gasteiger partial charge < -0.3 is 14.2 Å². The molecule has 0 aliphatic carbocycles. The van der Waals surface area contributed by atoms with Gasteiger partial charge in [-0.1, -0.05) is 0 Å². The predicted molar refractivity (Wildman–Crippen MR) is 63.5 cm³/mol. The molecule has 1 heterocycles. The third-order valence-corrected chi connectivity index (χ3v) is 3.05. The van der Waals surface area contributed by atoms with E-state index in [9.17, 15) is 4.79 Å². The smallest absolute Gasteiger partial charge is 0.235 e. The lowest BCUT2D eigenvalue weighted by Gasteiger charge is -2.22. The molecule has 17 heavy (non-hydrogen) atoms. The second-order valence-electron chi connectivity index (χ2n) is 3.31. The molecule has 0 N–H and O–H groups in total. The largest absolute Gasteiger partial charge is 0.495 e. The van der Waals surface area contributed by atoms with Gasteiger partial charge in [0.25, 0.3) is 0 Å². The maximum atomic E-state index is 10.2. The van der Waals surface area contributed by atoms with Crippen LogP contribution in [0.5, 0.6) is 17.2 Å². The summed E-state index contributed by atoms with van der Waals surface area (Å²) in [6.07, 6.45) is 1.50. The van der Waals surface area contributed by atoms with E-state index >= 15 is 0 Å². The molecule has 5 nitrogen and oxygen atoms in total. The number of fused-ring (bicyclic) bond motifs is 1. The average Bonchev–Trinajstić information content (AvgIpc) is 2.36. The Morgan fingerprint density at radius 2 is 2.29 bits per heavy atom. The number of hydrogen-bond acceptors (Lipinski definition) is 5. The van der Waals surface area contributed by atoms with Gasteiger partial charge in [-0.25, -0.2) is 9.79 Å². The van der Waals surface area contributed by atoms with Crippen LogP contribution in [0.15, 0.2) is 15.5 Å². The lowest BCUT2D eigenvalue weighted by atomic mass is 10.1. The van der Waals surface area contributed by atoms with Crippen molar-refractivity contribution in [2.45, 2.75) is 6.54 Å². The fourth-order valence-electron chi connectivity index (χ4n) is 1.63. The molecule has 1 aliphatic heterocycles. The minimum Gasteiger partial charge on any atom is -0.495 e. The minimum absolute atomic E-state index is 0.196. The van der Waals surface area contributed by atoms with Gasteiger partial charge in [-0.2, -0.15) is 0 Å². The second kappa shape index (κ2) is 5.21. The summed E-state index contributed by atoms with van der Waals surface area (Å²) >= 11 is 3.40. The second-order valence-corrected chi connectivity index (χ2v) is 4.11. The number of benzene rings is 1. The minimum atomic E-state index is 0.196. The van der Waals surface area contributed by atoms with Gasteiger partial charge in [0.1, 0.15) is 23.4 Å². The number of rotatable bonds is 3. The summed E-state index contributed by atoms with van der Waals surface area (Å²) in [5.74, 6) is 1.83. The molecule has 0 amide bonds. The van der Waals surface area contributed by atoms with Crippen LogP contribution < -0.4 is 14.2 Å². The highest BCUT2D eigenvalue weighted by atomic mass is 79.9. The lowest BCUT2D eigenvalue weighted by Crippen LogP contribution is -2.16. The van der Waals surface area contributed by atoms with E-state index in [1.165, 1.54) is 6.08 Å². The number of hydrogen-bond donors (Lipinski definition) is 0. The van der Waals surface area contributed by atoms with E-state index in [0.29, 0.717) is 34.9 Å². The number of halogens is 1. The van der Waals surface area contributed by atoms with E-state index in [1.54, 1.807) is 13.2 Å². The van der Waals surface area contributed by atoms with Crippen LogP contribution in [0, 0.1) is 0 Å². The maximum Gasteiger partial charge on any atom is 0.235 e. The predicted octanol–water partition coefficient (Wildman–Crippen LogP) is 2.06. The van der Waals surface area contributed by atoms with Gasteiger partial charge in [-0.3, -0.25) is 0 Å². The zero-order valence-corrected chi connectivity index (χ0v) is 10.7. The molecule has 0 saturated heterocycles. The van der Waals surface area contributed by atoms with Gasteiger partial charge in [0, 0.05) is 5.56 Å². The molecular formula is C11H10BrNO4. The van der Waals surface area contributed by atoms with Gasteiger partial charge in [-0.05, 0) is 22.0 Å². The van der Waals surface area contributed by atoms with Crippen LogP contribution >= 0.6 is 15.9 Å². The highest BCUT2D eigenvalue weighted by Crippen LogP contribution is 2.45. The lowest BCUT2D eigenvalue weighted by molar-refractivity contribution is 0.169. The van der Waals surface area contributed by atoms with Crippen LogP contribution in [0.1, 0.15) is 5.56 Å². The standard InChI is InChI=1S/C11H10BrNO4/c1-15-10-7(5-13-6-14)4-8-11(9(10)12)17-3-2-16-8/h4H,2-3,5H2,1H3. The molecule has 1 aromatic carbocycles. The molecule has 0 atom stereocenters. The van der Waals surface area contributed by atoms with E-state index in [2.05, 4.69) is 20.9 Å². The highest BCUT2D eigenvalue weighted by molar-refractivity contribution is 9.10. The maximum absolute atomic E-state index is 10.2. The van der Waals surface area contributed by atoms with Crippen molar-refractivity contribution in [3.05, 3.63) is 16.1 Å². The summed E-state index contributed by atoms with van der Waals surface area (Å²) in [4.78, 5) is 13.7. The number of ether oxygens (including phenoxy) is 3. The van der Waals surface area contributed by atoms with Crippen LogP contribution in [0.4, 0.5) is 0 Å². The summed E-state index contributed by atoms with van der Waals surface area (Å²) in [6.45, 7) is 1.20. The molecule has 0 saturated carbocycles. The third-order valence-electron chi connectivity index (χ3n) is 2.32. The van der Waals surface area contributed by atoms with Gasteiger partial charge in [0.2, 0.25) is 6.08 Å². The quantitative estimate of drug-likeness (QED) is 0.633. The van der Waals surface area contributed by atoms with Crippen molar-refractivity contribution in [2.75, 3.05) is 20.3 Å². The zero-order valence-electron chi connectivity index (χ0n) is 9.16. The first-order valence-electron chi connectivity index (χ1n) is 4.96. The van der Waals surface area contributed by atoms with Gasteiger partial charge >= 0.3 is 0 Å². The third kappa shape index (κ3) is 2.28. The van der Waals surface area contributed by atoms with Gasteiger partial charge in [0.05, 0.1) is 13.7 Å². The molecule has 1 aromatic rings. The van der Waals surface area contributed by atoms with Crippen LogP contribution in [0.3, 0.4) is 0 Å². The Morgan fingerprint density at radius 1 is 1.53 bits per heavy atom. The van der Waals surface area contributed by atoms with Crippen molar-refractivity contribution < 1.29 is 19.0 Å². The Kier molecular flexibility index (Phi) is 3.66. The van der Waals surface area contributed by atoms with Crippen LogP contribution in [0.2, 0.25) is 0 Å². The topological polar surface area (TPSA) is 57.1 Å². The Bertz CT molecular complexity index is 483. The SMILES string of the molecule is COc1c(CN=C=O)cc2c(c1Br)OCCO2. The first-order valence-corrected chi connectivity index (χ1v) is 5.75. The van der Waals surface area contributed by atoms with Crippen LogP contribution in [-0.2, 0) is 11.3 Å². The van der Waals surface area contributed by atoms with E-state index in [1.807, 2.05) is 0 Å². The number of isocyanates is 1. The monoisotopic (exact) mass is 299 g/mol. The molecule has 0 bridgehead atoms. The molecule has 2 rings (SSSR count). The number of methoxy groups -OCH3 is 1. The summed E-state index contributed by atoms with van der Waals surface area (Å²) in [6, 6.07) is 1.76. The van der Waals surface area contributed by atoms with Crippen molar-refractivity contribution >= 4 is 22.0 Å². The number of nitrogens with zero attached hydrogens (tertiary/aromatic N) is 1. The number of carbonyl (C=O) groups excluding carboxylic acids is 1. The fourth-order valence-corrected chi connectivity index (χ4v) is 2.36. The van der Waals surface area contributed by atoms with Crippen LogP contribution in [-0.4, -0.2) is 26.4 Å². The van der Waals surface area contributed by atoms with Crippen LogP contribution in [0.25, 0.3) is 0 Å². The fraction of sp³-hybridized carbons (Fsp3) is 0.364. The summed E-state index contributed by atoms with van der Waals surface area (Å²) in [5.41, 5.74) is 0.743. The van der Waals surface area contributed by atoms with Crippen molar-refractivity contribution in [1.29, 1.82) is 0 Å². The molecule has 6 heteroatoms. The zero-order chi connectivity index (χ0) is 12.3. The molecule has 0 aromatic heterocycles. The van der Waals surface area contributed by atoms with Crippen molar-refractivity contribution in [2.24, 2.45) is 4.99 Å². The molecule has 90 valence electrons. The molecule has 0 fully saturated rings. The van der Waals surface area contributed by atoms with Gasteiger partial charge in [0.15, 0.2) is 11.5 Å². The first kappa shape index (κ1) is 12.0. The summed E-state index contributed by atoms with van der Waals surface area (Å²) in [7, 11) is 1.55. The normalized spacial score (nSPS) is 12.8. The van der Waals surface area contributed by atoms with Gasteiger partial charge in [-0.15, -0.1) is 0 Å². The molecular weight excluding hydrogens is 290 g/mol. The Hall–Kier alpha value is -1.52. The summed E-state index contributed by atoms with van der Waals surface area (Å²) in [5, 5.41) is 0. The molecule has 0 radical (unpaired) electrons.